The van der Waals surface area contributed by atoms with Crippen molar-refractivity contribution in [2.75, 3.05) is 6.54 Å². The van der Waals surface area contributed by atoms with Crippen molar-refractivity contribution in [3.8, 4) is 0 Å². The minimum absolute atomic E-state index is 0.0196. The SMILES string of the molecule is O=C(CCN1C(=O)CCC1=O)NC(c1ccccc1)C1CCCC1. The molecule has 1 saturated carbocycles. The van der Waals surface area contributed by atoms with Crippen LogP contribution in [0.15, 0.2) is 30.3 Å². The Bertz CT molecular complexity index is 592. The van der Waals surface area contributed by atoms with Crippen LogP contribution in [0, 0.1) is 5.92 Å². The first kappa shape index (κ1) is 16.7. The van der Waals surface area contributed by atoms with Crippen LogP contribution in [0.4, 0.5) is 0 Å². The number of benzene rings is 1. The van der Waals surface area contributed by atoms with E-state index in [1.165, 1.54) is 17.7 Å². The molecular formula is C19H24N2O3. The van der Waals surface area contributed by atoms with Crippen LogP contribution in [-0.4, -0.2) is 29.2 Å². The molecule has 1 heterocycles. The first-order chi connectivity index (χ1) is 11.6. The lowest BCUT2D eigenvalue weighted by Gasteiger charge is -2.25. The van der Waals surface area contributed by atoms with Gasteiger partial charge in [0.15, 0.2) is 0 Å². The number of imide groups is 1. The maximum atomic E-state index is 12.4. The van der Waals surface area contributed by atoms with E-state index in [1.807, 2.05) is 18.2 Å². The molecule has 1 aliphatic heterocycles. The van der Waals surface area contributed by atoms with E-state index >= 15 is 0 Å². The van der Waals surface area contributed by atoms with Gasteiger partial charge in [-0.25, -0.2) is 0 Å². The molecule has 1 aromatic carbocycles. The van der Waals surface area contributed by atoms with E-state index in [0.29, 0.717) is 5.92 Å². The molecule has 1 N–H and O–H groups in total. The van der Waals surface area contributed by atoms with E-state index in [9.17, 15) is 14.4 Å². The van der Waals surface area contributed by atoms with Gasteiger partial charge < -0.3 is 5.32 Å². The monoisotopic (exact) mass is 328 g/mol. The third kappa shape index (κ3) is 3.83. The molecule has 3 rings (SSSR count). The molecule has 24 heavy (non-hydrogen) atoms. The molecule has 0 radical (unpaired) electrons. The summed E-state index contributed by atoms with van der Waals surface area (Å²) in [6, 6.07) is 10.1. The molecule has 1 atom stereocenters. The lowest BCUT2D eigenvalue weighted by atomic mass is 9.91. The highest BCUT2D eigenvalue weighted by atomic mass is 16.2. The molecule has 1 unspecified atom stereocenters. The molecule has 5 heteroatoms. The largest absolute Gasteiger partial charge is 0.349 e. The average molecular weight is 328 g/mol. The Morgan fingerprint density at radius 1 is 1.08 bits per heavy atom. The van der Waals surface area contributed by atoms with Gasteiger partial charge in [0.25, 0.3) is 0 Å². The Labute approximate surface area is 142 Å². The van der Waals surface area contributed by atoms with Gasteiger partial charge in [0.2, 0.25) is 17.7 Å². The summed E-state index contributed by atoms with van der Waals surface area (Å²) in [6.07, 6.45) is 5.39. The van der Waals surface area contributed by atoms with Gasteiger partial charge >= 0.3 is 0 Å². The normalized spacial score (nSPS) is 19.8. The van der Waals surface area contributed by atoms with Gasteiger partial charge in [0.05, 0.1) is 6.04 Å². The number of likely N-dealkylation sites (tertiary alicyclic amines) is 1. The fourth-order valence-corrected chi connectivity index (χ4v) is 3.76. The van der Waals surface area contributed by atoms with Gasteiger partial charge in [-0.05, 0) is 24.3 Å². The summed E-state index contributed by atoms with van der Waals surface area (Å²) >= 11 is 0. The van der Waals surface area contributed by atoms with Crippen molar-refractivity contribution in [2.45, 2.75) is 51.0 Å². The highest BCUT2D eigenvalue weighted by Gasteiger charge is 2.30. The minimum atomic E-state index is -0.164. The summed E-state index contributed by atoms with van der Waals surface area (Å²) in [7, 11) is 0. The second kappa shape index (κ2) is 7.60. The Balaban J connectivity index is 1.61. The lowest BCUT2D eigenvalue weighted by Crippen LogP contribution is -2.37. The lowest BCUT2D eigenvalue weighted by molar-refractivity contribution is -0.138. The molecule has 0 aromatic heterocycles. The first-order valence-electron chi connectivity index (χ1n) is 8.82. The molecule has 2 aliphatic rings. The van der Waals surface area contributed by atoms with Crippen LogP contribution < -0.4 is 5.32 Å². The number of carbonyl (C=O) groups is 3. The smallest absolute Gasteiger partial charge is 0.229 e. The van der Waals surface area contributed by atoms with Gasteiger partial charge in [-0.15, -0.1) is 0 Å². The number of hydrogen-bond acceptors (Lipinski definition) is 3. The highest BCUT2D eigenvalue weighted by molar-refractivity contribution is 6.02. The molecule has 0 bridgehead atoms. The summed E-state index contributed by atoms with van der Waals surface area (Å²) in [6.45, 7) is 0.190. The third-order valence-corrected chi connectivity index (χ3v) is 5.06. The summed E-state index contributed by atoms with van der Waals surface area (Å²) in [5.41, 5.74) is 1.13. The van der Waals surface area contributed by atoms with Crippen molar-refractivity contribution >= 4 is 17.7 Å². The van der Waals surface area contributed by atoms with Crippen LogP contribution in [0.1, 0.15) is 56.6 Å². The molecule has 1 saturated heterocycles. The van der Waals surface area contributed by atoms with E-state index in [2.05, 4.69) is 17.4 Å². The molecule has 128 valence electrons. The van der Waals surface area contributed by atoms with Crippen molar-refractivity contribution in [1.29, 1.82) is 0 Å². The van der Waals surface area contributed by atoms with E-state index in [1.54, 1.807) is 0 Å². The van der Waals surface area contributed by atoms with Gasteiger partial charge in [-0.1, -0.05) is 43.2 Å². The van der Waals surface area contributed by atoms with Crippen LogP contribution in [0.2, 0.25) is 0 Å². The molecule has 1 aliphatic carbocycles. The molecule has 5 nitrogen and oxygen atoms in total. The maximum absolute atomic E-state index is 12.4. The predicted molar refractivity (Wildman–Crippen MR) is 89.9 cm³/mol. The zero-order valence-electron chi connectivity index (χ0n) is 13.9. The molecular weight excluding hydrogens is 304 g/mol. The van der Waals surface area contributed by atoms with Crippen molar-refractivity contribution in [1.82, 2.24) is 10.2 Å². The fourth-order valence-electron chi connectivity index (χ4n) is 3.76. The second-order valence-corrected chi connectivity index (χ2v) is 6.69. The predicted octanol–water partition coefficient (Wildman–Crippen LogP) is 2.57. The molecule has 2 fully saturated rings. The van der Waals surface area contributed by atoms with E-state index in [0.717, 1.165) is 18.4 Å². The van der Waals surface area contributed by atoms with Crippen molar-refractivity contribution in [3.63, 3.8) is 0 Å². The number of amides is 3. The quantitative estimate of drug-likeness (QED) is 0.816. The summed E-state index contributed by atoms with van der Waals surface area (Å²) < 4.78 is 0. The minimum Gasteiger partial charge on any atom is -0.349 e. The zero-order valence-corrected chi connectivity index (χ0v) is 13.9. The topological polar surface area (TPSA) is 66.5 Å². The van der Waals surface area contributed by atoms with Crippen LogP contribution >= 0.6 is 0 Å². The number of carbonyl (C=O) groups excluding carboxylic acids is 3. The van der Waals surface area contributed by atoms with Crippen LogP contribution in [0.5, 0.6) is 0 Å². The van der Waals surface area contributed by atoms with Crippen molar-refractivity contribution < 1.29 is 14.4 Å². The van der Waals surface area contributed by atoms with Crippen LogP contribution in [-0.2, 0) is 14.4 Å². The standard InChI is InChI=1S/C19H24N2O3/c22-16(12-13-21-17(23)10-11-18(21)24)20-19(15-8-4-5-9-15)14-6-2-1-3-7-14/h1-3,6-7,15,19H,4-5,8-13H2,(H,20,22). The number of nitrogens with one attached hydrogen (secondary N) is 1. The van der Waals surface area contributed by atoms with Crippen molar-refractivity contribution in [2.24, 2.45) is 5.92 Å². The summed E-state index contributed by atoms with van der Waals surface area (Å²) in [5.74, 6) is 0.0426. The van der Waals surface area contributed by atoms with E-state index in [4.69, 9.17) is 0 Å². The van der Waals surface area contributed by atoms with Gasteiger partial charge in [-0.2, -0.15) is 0 Å². The number of rotatable bonds is 6. The molecule has 3 amide bonds. The summed E-state index contributed by atoms with van der Waals surface area (Å²) in [4.78, 5) is 36.9. The Morgan fingerprint density at radius 3 is 2.33 bits per heavy atom. The zero-order chi connectivity index (χ0) is 16.9. The molecule has 0 spiro atoms. The third-order valence-electron chi connectivity index (χ3n) is 5.06. The Kier molecular flexibility index (Phi) is 5.28. The van der Waals surface area contributed by atoms with Gasteiger partial charge in [0.1, 0.15) is 0 Å². The maximum Gasteiger partial charge on any atom is 0.229 e. The Morgan fingerprint density at radius 2 is 1.71 bits per heavy atom. The van der Waals surface area contributed by atoms with Crippen molar-refractivity contribution in [3.05, 3.63) is 35.9 Å². The van der Waals surface area contributed by atoms with Crippen LogP contribution in [0.3, 0.4) is 0 Å². The highest BCUT2D eigenvalue weighted by Crippen LogP contribution is 2.35. The first-order valence-corrected chi connectivity index (χ1v) is 8.82. The van der Waals surface area contributed by atoms with E-state index in [-0.39, 0.29) is 49.6 Å². The average Bonchev–Trinajstić information content (AvgIpc) is 3.23. The fraction of sp³-hybridized carbons (Fsp3) is 0.526. The van der Waals surface area contributed by atoms with E-state index < -0.39 is 0 Å². The number of hydrogen-bond donors (Lipinski definition) is 1. The van der Waals surface area contributed by atoms with Crippen LogP contribution in [0.25, 0.3) is 0 Å². The van der Waals surface area contributed by atoms with Gasteiger partial charge in [0, 0.05) is 25.8 Å². The molecule has 1 aromatic rings. The second-order valence-electron chi connectivity index (χ2n) is 6.69. The van der Waals surface area contributed by atoms with Gasteiger partial charge in [-0.3, -0.25) is 19.3 Å². The Hall–Kier alpha value is -2.17. The number of nitrogens with zero attached hydrogens (tertiary/aromatic N) is 1. The summed E-state index contributed by atoms with van der Waals surface area (Å²) in [5, 5.41) is 3.14.